The van der Waals surface area contributed by atoms with Crippen molar-refractivity contribution in [3.05, 3.63) is 18.2 Å². The van der Waals surface area contributed by atoms with Gasteiger partial charge < -0.3 is 5.73 Å². The van der Waals surface area contributed by atoms with E-state index in [9.17, 15) is 8.42 Å². The SMILES string of the molecule is Nc1cc(N2CCCO2)cc(S(N)(=O)=O)c1. The maximum Gasteiger partial charge on any atom is 0.238 e. The number of benzene rings is 1. The van der Waals surface area contributed by atoms with E-state index in [1.165, 1.54) is 12.1 Å². The van der Waals surface area contributed by atoms with Gasteiger partial charge in [-0.3, -0.25) is 9.90 Å². The molecule has 0 atom stereocenters. The topological polar surface area (TPSA) is 98.6 Å². The van der Waals surface area contributed by atoms with Gasteiger partial charge in [-0.2, -0.15) is 0 Å². The molecule has 0 amide bonds. The largest absolute Gasteiger partial charge is 0.399 e. The predicted octanol–water partition coefficient (Wildman–Crippen LogP) is 0.0579. The second-order valence-corrected chi connectivity index (χ2v) is 5.16. The fourth-order valence-electron chi connectivity index (χ4n) is 1.57. The summed E-state index contributed by atoms with van der Waals surface area (Å²) < 4.78 is 22.4. The first-order valence-corrected chi connectivity index (χ1v) is 6.35. The number of nitrogen functional groups attached to an aromatic ring is 1. The number of rotatable bonds is 2. The van der Waals surface area contributed by atoms with Crippen LogP contribution in [0.4, 0.5) is 11.4 Å². The van der Waals surface area contributed by atoms with Gasteiger partial charge in [0.05, 0.1) is 17.2 Å². The lowest BCUT2D eigenvalue weighted by molar-refractivity contribution is 0.168. The number of hydrogen-bond acceptors (Lipinski definition) is 5. The lowest BCUT2D eigenvalue weighted by Crippen LogP contribution is -2.18. The van der Waals surface area contributed by atoms with Gasteiger partial charge in [0.2, 0.25) is 10.0 Å². The van der Waals surface area contributed by atoms with E-state index in [2.05, 4.69) is 0 Å². The van der Waals surface area contributed by atoms with Gasteiger partial charge in [-0.25, -0.2) is 13.6 Å². The highest BCUT2D eigenvalue weighted by molar-refractivity contribution is 7.89. The van der Waals surface area contributed by atoms with Crippen LogP contribution >= 0.6 is 0 Å². The first-order chi connectivity index (χ1) is 7.47. The summed E-state index contributed by atoms with van der Waals surface area (Å²) in [7, 11) is -3.74. The Labute approximate surface area is 93.8 Å². The minimum atomic E-state index is -3.74. The summed E-state index contributed by atoms with van der Waals surface area (Å²) in [5, 5.41) is 6.67. The molecule has 1 aliphatic rings. The van der Waals surface area contributed by atoms with Gasteiger partial charge >= 0.3 is 0 Å². The van der Waals surface area contributed by atoms with Crippen LogP contribution in [0.3, 0.4) is 0 Å². The highest BCUT2D eigenvalue weighted by Gasteiger charge is 2.17. The lowest BCUT2D eigenvalue weighted by Gasteiger charge is -2.17. The average molecular weight is 243 g/mol. The molecule has 0 aromatic heterocycles. The van der Waals surface area contributed by atoms with Gasteiger partial charge in [0.1, 0.15) is 0 Å². The highest BCUT2D eigenvalue weighted by Crippen LogP contribution is 2.25. The van der Waals surface area contributed by atoms with E-state index in [4.69, 9.17) is 15.7 Å². The van der Waals surface area contributed by atoms with Crippen molar-refractivity contribution in [1.82, 2.24) is 0 Å². The van der Waals surface area contributed by atoms with E-state index in [1.54, 1.807) is 11.1 Å². The summed E-state index contributed by atoms with van der Waals surface area (Å²) >= 11 is 0. The van der Waals surface area contributed by atoms with Gasteiger partial charge in [-0.15, -0.1) is 0 Å². The molecule has 4 N–H and O–H groups in total. The van der Waals surface area contributed by atoms with Crippen LogP contribution in [0, 0.1) is 0 Å². The van der Waals surface area contributed by atoms with Crippen molar-refractivity contribution in [2.45, 2.75) is 11.3 Å². The summed E-state index contributed by atoms with van der Waals surface area (Å²) in [6.07, 6.45) is 0.902. The highest BCUT2D eigenvalue weighted by atomic mass is 32.2. The van der Waals surface area contributed by atoms with Crippen molar-refractivity contribution in [2.75, 3.05) is 23.9 Å². The molecule has 88 valence electrons. The molecule has 1 fully saturated rings. The molecule has 0 radical (unpaired) electrons. The van der Waals surface area contributed by atoms with E-state index >= 15 is 0 Å². The number of primary sulfonamides is 1. The Bertz CT molecular complexity index is 495. The molecule has 1 aromatic carbocycles. The third-order valence-corrected chi connectivity index (χ3v) is 3.18. The molecule has 2 rings (SSSR count). The monoisotopic (exact) mass is 243 g/mol. The van der Waals surface area contributed by atoms with Crippen molar-refractivity contribution < 1.29 is 13.3 Å². The molecule has 0 spiro atoms. The fourth-order valence-corrected chi connectivity index (χ4v) is 2.15. The van der Waals surface area contributed by atoms with E-state index in [0.29, 0.717) is 24.5 Å². The Morgan fingerprint density at radius 3 is 2.62 bits per heavy atom. The van der Waals surface area contributed by atoms with Crippen molar-refractivity contribution >= 4 is 21.4 Å². The van der Waals surface area contributed by atoms with E-state index < -0.39 is 10.0 Å². The second-order valence-electron chi connectivity index (χ2n) is 3.59. The van der Waals surface area contributed by atoms with Crippen LogP contribution in [0.15, 0.2) is 23.1 Å². The van der Waals surface area contributed by atoms with Gasteiger partial charge in [0.15, 0.2) is 0 Å². The zero-order chi connectivity index (χ0) is 11.8. The molecular formula is C9H13N3O3S. The first kappa shape index (κ1) is 11.2. The summed E-state index contributed by atoms with van der Waals surface area (Å²) in [6.45, 7) is 1.34. The third-order valence-electron chi connectivity index (χ3n) is 2.28. The molecule has 7 heteroatoms. The molecule has 6 nitrogen and oxygen atoms in total. The van der Waals surface area contributed by atoms with Gasteiger partial charge in [-0.05, 0) is 24.6 Å². The smallest absolute Gasteiger partial charge is 0.238 e. The van der Waals surface area contributed by atoms with Crippen LogP contribution < -0.4 is 15.9 Å². The van der Waals surface area contributed by atoms with Crippen molar-refractivity contribution in [3.63, 3.8) is 0 Å². The minimum absolute atomic E-state index is 0.00185. The number of hydroxylamine groups is 1. The maximum absolute atomic E-state index is 11.2. The molecule has 0 aliphatic carbocycles. The number of sulfonamides is 1. The standard InChI is InChI=1S/C9H13N3O3S/c10-7-4-8(12-2-1-3-15-12)6-9(5-7)16(11,13)14/h4-6H,1-3,10H2,(H2,11,13,14). The minimum Gasteiger partial charge on any atom is -0.399 e. The summed E-state index contributed by atoms with van der Waals surface area (Å²) in [5.41, 5.74) is 6.58. The Morgan fingerprint density at radius 1 is 1.31 bits per heavy atom. The van der Waals surface area contributed by atoms with Crippen molar-refractivity contribution in [1.29, 1.82) is 0 Å². The molecule has 0 unspecified atom stereocenters. The molecule has 1 saturated heterocycles. The fraction of sp³-hybridized carbons (Fsp3) is 0.333. The number of nitrogens with zero attached hydrogens (tertiary/aromatic N) is 1. The molecule has 1 heterocycles. The molecule has 1 aromatic rings. The van der Waals surface area contributed by atoms with Gasteiger partial charge in [0, 0.05) is 12.2 Å². The van der Waals surface area contributed by atoms with Gasteiger partial charge in [0.25, 0.3) is 0 Å². The Kier molecular flexibility index (Phi) is 2.75. The molecule has 0 saturated carbocycles. The Balaban J connectivity index is 2.43. The number of anilines is 2. The average Bonchev–Trinajstić information content (AvgIpc) is 2.68. The third kappa shape index (κ3) is 2.26. The summed E-state index contributed by atoms with van der Waals surface area (Å²) in [4.78, 5) is 5.30. The van der Waals surface area contributed by atoms with Crippen LogP contribution in [0.2, 0.25) is 0 Å². The van der Waals surface area contributed by atoms with Crippen LogP contribution in [-0.2, 0) is 14.9 Å². The van der Waals surface area contributed by atoms with Crippen molar-refractivity contribution in [3.8, 4) is 0 Å². The van der Waals surface area contributed by atoms with E-state index in [1.807, 2.05) is 0 Å². The van der Waals surface area contributed by atoms with Crippen LogP contribution in [0.5, 0.6) is 0 Å². The first-order valence-electron chi connectivity index (χ1n) is 4.80. The predicted molar refractivity (Wildman–Crippen MR) is 60.1 cm³/mol. The number of nitrogens with two attached hydrogens (primary N) is 2. The molecular weight excluding hydrogens is 230 g/mol. The van der Waals surface area contributed by atoms with Crippen LogP contribution in [-0.4, -0.2) is 21.6 Å². The summed E-state index contributed by atoms with van der Waals surface area (Å²) in [6, 6.07) is 4.44. The zero-order valence-corrected chi connectivity index (χ0v) is 9.40. The number of hydrogen-bond donors (Lipinski definition) is 2. The Morgan fingerprint density at radius 2 is 2.06 bits per heavy atom. The van der Waals surface area contributed by atoms with Crippen LogP contribution in [0.1, 0.15) is 6.42 Å². The second kappa shape index (κ2) is 3.93. The molecule has 1 aliphatic heterocycles. The normalized spacial score (nSPS) is 16.7. The lowest BCUT2D eigenvalue weighted by atomic mass is 10.3. The quantitative estimate of drug-likeness (QED) is 0.715. The summed E-state index contributed by atoms with van der Waals surface area (Å²) in [5.74, 6) is 0. The van der Waals surface area contributed by atoms with Gasteiger partial charge in [-0.1, -0.05) is 0 Å². The Hall–Kier alpha value is -1.31. The maximum atomic E-state index is 11.2. The zero-order valence-electron chi connectivity index (χ0n) is 8.59. The van der Waals surface area contributed by atoms with E-state index in [0.717, 1.165) is 6.42 Å². The van der Waals surface area contributed by atoms with E-state index in [-0.39, 0.29) is 4.90 Å². The molecule has 0 bridgehead atoms. The molecule has 16 heavy (non-hydrogen) atoms. The van der Waals surface area contributed by atoms with Crippen molar-refractivity contribution in [2.24, 2.45) is 5.14 Å². The van der Waals surface area contributed by atoms with Crippen LogP contribution in [0.25, 0.3) is 0 Å².